The third-order valence-corrected chi connectivity index (χ3v) is 4.28. The first-order valence-corrected chi connectivity index (χ1v) is 9.90. The summed E-state index contributed by atoms with van der Waals surface area (Å²) >= 11 is 0. The standard InChI is InChI=1S/C24H28O4/c1-3-5-7-19-9-13-21(14-10-19)27-23(25)17-18-24(26)28-22-15-11-20(12-16-22)8-6-4-2/h9-18H,3-8H2,1-2H3. The van der Waals surface area contributed by atoms with E-state index in [9.17, 15) is 9.59 Å². The van der Waals surface area contributed by atoms with Gasteiger partial charge in [-0.2, -0.15) is 0 Å². The maximum Gasteiger partial charge on any atom is 0.336 e. The van der Waals surface area contributed by atoms with Crippen LogP contribution >= 0.6 is 0 Å². The Hall–Kier alpha value is -2.88. The van der Waals surface area contributed by atoms with Gasteiger partial charge < -0.3 is 9.47 Å². The van der Waals surface area contributed by atoms with Crippen molar-refractivity contribution < 1.29 is 19.1 Å². The second-order valence-electron chi connectivity index (χ2n) is 6.67. The topological polar surface area (TPSA) is 52.6 Å². The Morgan fingerprint density at radius 1 is 0.679 bits per heavy atom. The van der Waals surface area contributed by atoms with Gasteiger partial charge in [-0.3, -0.25) is 0 Å². The molecule has 2 rings (SSSR count). The summed E-state index contributed by atoms with van der Waals surface area (Å²) in [4.78, 5) is 23.7. The van der Waals surface area contributed by atoms with E-state index in [1.54, 1.807) is 24.3 Å². The van der Waals surface area contributed by atoms with Crippen LogP contribution in [0.4, 0.5) is 0 Å². The molecule has 0 heterocycles. The summed E-state index contributed by atoms with van der Waals surface area (Å²) in [6, 6.07) is 14.8. The predicted molar refractivity (Wildman–Crippen MR) is 111 cm³/mol. The van der Waals surface area contributed by atoms with Crippen molar-refractivity contribution >= 4 is 11.9 Å². The van der Waals surface area contributed by atoms with Gasteiger partial charge in [0.25, 0.3) is 0 Å². The van der Waals surface area contributed by atoms with Gasteiger partial charge in [-0.05, 0) is 61.1 Å². The van der Waals surface area contributed by atoms with Crippen molar-refractivity contribution in [2.45, 2.75) is 52.4 Å². The average Bonchev–Trinajstić information content (AvgIpc) is 2.71. The summed E-state index contributed by atoms with van der Waals surface area (Å²) in [6.45, 7) is 4.30. The van der Waals surface area contributed by atoms with Crippen molar-refractivity contribution in [2.75, 3.05) is 0 Å². The van der Waals surface area contributed by atoms with E-state index in [4.69, 9.17) is 9.47 Å². The molecule has 0 amide bonds. The number of aryl methyl sites for hydroxylation is 2. The Balaban J connectivity index is 1.80. The fourth-order valence-electron chi connectivity index (χ4n) is 2.65. The molecular weight excluding hydrogens is 352 g/mol. The van der Waals surface area contributed by atoms with Crippen LogP contribution in [0.25, 0.3) is 0 Å². The summed E-state index contributed by atoms with van der Waals surface area (Å²) in [5.41, 5.74) is 2.42. The third kappa shape index (κ3) is 7.78. The fourth-order valence-corrected chi connectivity index (χ4v) is 2.65. The minimum atomic E-state index is -0.617. The minimum absolute atomic E-state index is 0.450. The molecule has 0 aliphatic rings. The Morgan fingerprint density at radius 3 is 1.36 bits per heavy atom. The first kappa shape index (κ1) is 21.4. The molecule has 4 heteroatoms. The van der Waals surface area contributed by atoms with Crippen LogP contribution in [0.15, 0.2) is 60.7 Å². The lowest BCUT2D eigenvalue weighted by molar-refractivity contribution is -0.131. The number of esters is 2. The van der Waals surface area contributed by atoms with Crippen LogP contribution in [-0.2, 0) is 22.4 Å². The SMILES string of the molecule is CCCCc1ccc(OC(=O)C=CC(=O)Oc2ccc(CCCC)cc2)cc1. The first-order valence-electron chi connectivity index (χ1n) is 9.90. The van der Waals surface area contributed by atoms with E-state index >= 15 is 0 Å². The highest BCUT2D eigenvalue weighted by atomic mass is 16.5. The number of unbranched alkanes of at least 4 members (excludes halogenated alkanes) is 2. The lowest BCUT2D eigenvalue weighted by atomic mass is 10.1. The number of hydrogen-bond donors (Lipinski definition) is 0. The van der Waals surface area contributed by atoms with Crippen LogP contribution in [0, 0.1) is 0 Å². The molecular formula is C24H28O4. The molecule has 28 heavy (non-hydrogen) atoms. The zero-order chi connectivity index (χ0) is 20.2. The molecule has 2 aromatic carbocycles. The molecule has 4 nitrogen and oxygen atoms in total. The highest BCUT2D eigenvalue weighted by molar-refractivity contribution is 5.93. The van der Waals surface area contributed by atoms with Crippen molar-refractivity contribution in [3.05, 3.63) is 71.8 Å². The van der Waals surface area contributed by atoms with Crippen molar-refractivity contribution in [2.24, 2.45) is 0 Å². The van der Waals surface area contributed by atoms with Gasteiger partial charge in [0, 0.05) is 12.2 Å². The number of rotatable bonds is 10. The highest BCUT2D eigenvalue weighted by Crippen LogP contribution is 2.15. The van der Waals surface area contributed by atoms with Crippen LogP contribution in [-0.4, -0.2) is 11.9 Å². The second kappa shape index (κ2) is 11.8. The molecule has 0 saturated heterocycles. The normalized spacial score (nSPS) is 10.8. The number of carbonyl (C=O) groups excluding carboxylic acids is 2. The molecule has 0 spiro atoms. The quantitative estimate of drug-likeness (QED) is 0.313. The molecule has 2 aromatic rings. The van der Waals surface area contributed by atoms with Crippen molar-refractivity contribution in [3.8, 4) is 11.5 Å². The maximum atomic E-state index is 11.9. The highest BCUT2D eigenvalue weighted by Gasteiger charge is 2.05. The molecule has 0 unspecified atom stereocenters. The number of carbonyl (C=O) groups is 2. The molecule has 0 bridgehead atoms. The second-order valence-corrected chi connectivity index (χ2v) is 6.67. The van der Waals surface area contributed by atoms with Crippen LogP contribution in [0.3, 0.4) is 0 Å². The smallest absolute Gasteiger partial charge is 0.336 e. The summed E-state index contributed by atoms with van der Waals surface area (Å²) in [7, 11) is 0. The Morgan fingerprint density at radius 2 is 1.04 bits per heavy atom. The van der Waals surface area contributed by atoms with Gasteiger partial charge in [0.05, 0.1) is 0 Å². The molecule has 0 radical (unpaired) electrons. The molecule has 0 aliphatic heterocycles. The summed E-state index contributed by atoms with van der Waals surface area (Å²) in [5, 5.41) is 0. The van der Waals surface area contributed by atoms with Gasteiger partial charge in [0.2, 0.25) is 0 Å². The number of benzene rings is 2. The molecule has 148 valence electrons. The third-order valence-electron chi connectivity index (χ3n) is 4.28. The summed E-state index contributed by atoms with van der Waals surface area (Å²) in [6.07, 6.45) is 8.70. The molecule has 0 N–H and O–H groups in total. The van der Waals surface area contributed by atoms with Gasteiger partial charge in [-0.25, -0.2) is 9.59 Å². The predicted octanol–water partition coefficient (Wildman–Crippen LogP) is 5.44. The summed E-state index contributed by atoms with van der Waals surface area (Å²) in [5.74, 6) is -0.335. The van der Waals surface area contributed by atoms with E-state index in [2.05, 4.69) is 13.8 Å². The number of hydrogen-bond acceptors (Lipinski definition) is 4. The number of ether oxygens (including phenoxy) is 2. The molecule has 0 aliphatic carbocycles. The largest absolute Gasteiger partial charge is 0.423 e. The van der Waals surface area contributed by atoms with Crippen LogP contribution in [0.5, 0.6) is 11.5 Å². The van der Waals surface area contributed by atoms with Crippen molar-refractivity contribution in [3.63, 3.8) is 0 Å². The molecule has 0 atom stereocenters. The van der Waals surface area contributed by atoms with Crippen LogP contribution < -0.4 is 9.47 Å². The van der Waals surface area contributed by atoms with E-state index in [1.807, 2.05) is 24.3 Å². The van der Waals surface area contributed by atoms with Crippen molar-refractivity contribution in [1.82, 2.24) is 0 Å². The van der Waals surface area contributed by atoms with Gasteiger partial charge in [-0.1, -0.05) is 51.0 Å². The van der Waals surface area contributed by atoms with E-state index in [1.165, 1.54) is 11.1 Å². The van der Waals surface area contributed by atoms with Gasteiger partial charge in [-0.15, -0.1) is 0 Å². The van der Waals surface area contributed by atoms with Gasteiger partial charge >= 0.3 is 11.9 Å². The molecule has 0 aromatic heterocycles. The Labute approximate surface area is 167 Å². The zero-order valence-corrected chi connectivity index (χ0v) is 16.6. The Kier molecular flexibility index (Phi) is 8.99. The summed E-state index contributed by atoms with van der Waals surface area (Å²) < 4.78 is 10.4. The maximum absolute atomic E-state index is 11.9. The van der Waals surface area contributed by atoms with E-state index < -0.39 is 11.9 Å². The van der Waals surface area contributed by atoms with E-state index in [0.29, 0.717) is 11.5 Å². The van der Waals surface area contributed by atoms with Crippen LogP contribution in [0.2, 0.25) is 0 Å². The molecule has 0 fully saturated rings. The fraction of sp³-hybridized carbons (Fsp3) is 0.333. The Bertz CT molecular complexity index is 706. The first-order chi connectivity index (χ1) is 13.6. The molecule has 0 saturated carbocycles. The zero-order valence-electron chi connectivity index (χ0n) is 16.6. The lowest BCUT2D eigenvalue weighted by Gasteiger charge is -2.04. The van der Waals surface area contributed by atoms with E-state index in [-0.39, 0.29) is 0 Å². The monoisotopic (exact) mass is 380 g/mol. The van der Waals surface area contributed by atoms with Gasteiger partial charge in [0.1, 0.15) is 11.5 Å². The van der Waals surface area contributed by atoms with E-state index in [0.717, 1.165) is 50.7 Å². The average molecular weight is 380 g/mol. The van der Waals surface area contributed by atoms with Crippen molar-refractivity contribution in [1.29, 1.82) is 0 Å². The lowest BCUT2D eigenvalue weighted by Crippen LogP contribution is -2.08. The minimum Gasteiger partial charge on any atom is -0.423 e. The van der Waals surface area contributed by atoms with Crippen LogP contribution in [0.1, 0.15) is 50.7 Å². The van der Waals surface area contributed by atoms with Gasteiger partial charge in [0.15, 0.2) is 0 Å².